The Labute approximate surface area is 254 Å². The number of hydrogen-bond acceptors (Lipinski definition) is 8. The number of nitrogens with zero attached hydrogens (tertiary/aromatic N) is 3. The number of esters is 1. The van der Waals surface area contributed by atoms with E-state index >= 15 is 0 Å². The smallest absolute Gasteiger partial charge is 0.410 e. The van der Waals surface area contributed by atoms with E-state index in [1.165, 1.54) is 4.31 Å². The first-order valence-corrected chi connectivity index (χ1v) is 15.9. The molecule has 0 bridgehead atoms. The number of anilines is 1. The van der Waals surface area contributed by atoms with Crippen LogP contribution in [0.5, 0.6) is 5.75 Å². The molecule has 10 nitrogen and oxygen atoms in total. The summed E-state index contributed by atoms with van der Waals surface area (Å²) in [6, 6.07) is 12.5. The van der Waals surface area contributed by atoms with E-state index in [9.17, 15) is 23.3 Å². The minimum absolute atomic E-state index is 0.0409. The summed E-state index contributed by atoms with van der Waals surface area (Å²) in [7, 11) is -4.10. The third-order valence-electron chi connectivity index (χ3n) is 6.65. The number of hydrogen-bond donors (Lipinski definition) is 0. The Kier molecular flexibility index (Phi) is 11.2. The van der Waals surface area contributed by atoms with E-state index in [0.717, 1.165) is 16.7 Å². The molecule has 0 atom stereocenters. The van der Waals surface area contributed by atoms with Gasteiger partial charge in [-0.15, -0.1) is 0 Å². The van der Waals surface area contributed by atoms with Gasteiger partial charge in [-0.05, 0) is 82.5 Å². The van der Waals surface area contributed by atoms with E-state index in [2.05, 4.69) is 6.07 Å². The Morgan fingerprint density at radius 1 is 1.12 bits per heavy atom. The van der Waals surface area contributed by atoms with Crippen LogP contribution >= 0.6 is 0 Å². The molecule has 232 valence electrons. The zero-order valence-corrected chi connectivity index (χ0v) is 26.6. The van der Waals surface area contributed by atoms with Crippen molar-refractivity contribution in [2.24, 2.45) is 0 Å². The van der Waals surface area contributed by atoms with E-state index in [0.29, 0.717) is 42.9 Å². The molecule has 0 aliphatic carbocycles. The molecule has 1 heterocycles. The quantitative estimate of drug-likeness (QED) is 0.329. The number of piperidine rings is 1. The number of rotatable bonds is 10. The van der Waals surface area contributed by atoms with Crippen LogP contribution in [0.1, 0.15) is 62.8 Å². The second kappa shape index (κ2) is 14.4. The third-order valence-corrected chi connectivity index (χ3v) is 8.28. The van der Waals surface area contributed by atoms with Crippen LogP contribution in [0.3, 0.4) is 0 Å². The number of nitriles is 1. The Morgan fingerprint density at radius 3 is 2.35 bits per heavy atom. The van der Waals surface area contributed by atoms with Gasteiger partial charge in [0, 0.05) is 25.9 Å². The van der Waals surface area contributed by atoms with Gasteiger partial charge in [0.1, 0.15) is 17.5 Å². The maximum atomic E-state index is 13.4. The van der Waals surface area contributed by atoms with Crippen LogP contribution in [0.25, 0.3) is 6.08 Å². The maximum absolute atomic E-state index is 13.4. The normalized spacial score (nSPS) is 14.3. The number of ether oxygens (including phenoxy) is 3. The van der Waals surface area contributed by atoms with Gasteiger partial charge in [-0.25, -0.2) is 13.2 Å². The Hall–Kier alpha value is -4.04. The summed E-state index contributed by atoms with van der Waals surface area (Å²) >= 11 is 0. The summed E-state index contributed by atoms with van der Waals surface area (Å²) in [5.74, 6) is -0.971. The molecule has 0 unspecified atom stereocenters. The SMILES string of the molecule is CCOC(=O)CS(=O)(=O)N(C/C=C/c1cccc(C#N)c1)c1cc(C)c(OC2CCN(C(=O)OC(C)(C)C)CC2)c(C)c1. The van der Waals surface area contributed by atoms with Gasteiger partial charge in [-0.1, -0.05) is 24.3 Å². The summed E-state index contributed by atoms with van der Waals surface area (Å²) in [6.45, 7) is 11.9. The lowest BCUT2D eigenvalue weighted by atomic mass is 10.1. The Bertz CT molecular complexity index is 1460. The molecule has 0 spiro atoms. The molecule has 11 heteroatoms. The number of benzene rings is 2. The first-order chi connectivity index (χ1) is 20.2. The van der Waals surface area contributed by atoms with Crippen LogP contribution in [-0.4, -0.2) is 69.1 Å². The summed E-state index contributed by atoms with van der Waals surface area (Å²) < 4.78 is 44.8. The van der Waals surface area contributed by atoms with Crippen LogP contribution in [0.2, 0.25) is 0 Å². The van der Waals surface area contributed by atoms with Gasteiger partial charge in [0.05, 0.1) is 30.5 Å². The molecule has 1 fully saturated rings. The van der Waals surface area contributed by atoms with Crippen LogP contribution in [0, 0.1) is 25.2 Å². The van der Waals surface area contributed by atoms with E-state index in [-0.39, 0.29) is 25.3 Å². The first kappa shape index (κ1) is 33.5. The zero-order chi connectivity index (χ0) is 31.8. The second-order valence-electron chi connectivity index (χ2n) is 11.4. The molecular formula is C32H41N3O7S. The van der Waals surface area contributed by atoms with Crippen molar-refractivity contribution < 1.29 is 32.2 Å². The molecule has 3 rings (SSSR count). The molecule has 43 heavy (non-hydrogen) atoms. The highest BCUT2D eigenvalue weighted by Gasteiger charge is 2.30. The van der Waals surface area contributed by atoms with Gasteiger partial charge in [-0.2, -0.15) is 5.26 Å². The highest BCUT2D eigenvalue weighted by atomic mass is 32.2. The number of carbonyl (C=O) groups excluding carboxylic acids is 2. The highest BCUT2D eigenvalue weighted by Crippen LogP contribution is 2.33. The van der Waals surface area contributed by atoms with Crippen molar-refractivity contribution in [3.05, 3.63) is 64.7 Å². The van der Waals surface area contributed by atoms with Crippen LogP contribution in [0.15, 0.2) is 42.5 Å². The van der Waals surface area contributed by atoms with E-state index < -0.39 is 27.3 Å². The summed E-state index contributed by atoms with van der Waals surface area (Å²) in [4.78, 5) is 26.3. The summed E-state index contributed by atoms with van der Waals surface area (Å²) in [6.07, 6.45) is 4.23. The standard InChI is InChI=1S/C32H41N3O7S/c1-7-40-29(36)22-43(38,39)35(15-9-12-25-10-8-11-26(20-25)21-33)27-18-23(2)30(24(3)19-27)41-28-13-16-34(17-14-28)31(37)42-32(4,5)6/h8-12,18-20,28H,7,13-17,22H2,1-6H3/b12-9+. The molecule has 0 N–H and O–H groups in total. The van der Waals surface area contributed by atoms with Crippen LogP contribution < -0.4 is 9.04 Å². The molecule has 1 aliphatic rings. The van der Waals surface area contributed by atoms with Gasteiger partial charge < -0.3 is 19.1 Å². The maximum Gasteiger partial charge on any atom is 0.410 e. The van der Waals surface area contributed by atoms with Gasteiger partial charge >= 0.3 is 12.1 Å². The van der Waals surface area contributed by atoms with E-state index in [1.807, 2.05) is 40.7 Å². The van der Waals surface area contributed by atoms with Crippen molar-refractivity contribution in [1.82, 2.24) is 4.90 Å². The fourth-order valence-electron chi connectivity index (χ4n) is 4.71. The zero-order valence-electron chi connectivity index (χ0n) is 25.8. The molecule has 0 radical (unpaired) electrons. The second-order valence-corrected chi connectivity index (χ2v) is 13.3. The topological polar surface area (TPSA) is 126 Å². The molecule has 1 saturated heterocycles. The Balaban J connectivity index is 1.81. The van der Waals surface area contributed by atoms with Crippen LogP contribution in [0.4, 0.5) is 10.5 Å². The predicted molar refractivity (Wildman–Crippen MR) is 165 cm³/mol. The Morgan fingerprint density at radius 2 is 1.77 bits per heavy atom. The molecule has 0 saturated carbocycles. The van der Waals surface area contributed by atoms with E-state index in [1.54, 1.807) is 54.3 Å². The number of aryl methyl sites for hydroxylation is 2. The fourth-order valence-corrected chi connectivity index (χ4v) is 5.99. The molecule has 1 aliphatic heterocycles. The fraction of sp³-hybridized carbons (Fsp3) is 0.469. The van der Waals surface area contributed by atoms with Gasteiger partial charge in [0.25, 0.3) is 0 Å². The van der Waals surface area contributed by atoms with Crippen LogP contribution in [-0.2, 0) is 24.3 Å². The predicted octanol–water partition coefficient (Wildman–Crippen LogP) is 5.37. The number of sulfonamides is 1. The van der Waals surface area contributed by atoms with Crippen molar-refractivity contribution in [3.8, 4) is 11.8 Å². The van der Waals surface area contributed by atoms with Gasteiger partial charge in [0.2, 0.25) is 10.0 Å². The van der Waals surface area contributed by atoms with Crippen molar-refractivity contribution in [3.63, 3.8) is 0 Å². The van der Waals surface area contributed by atoms with Crippen molar-refractivity contribution in [1.29, 1.82) is 5.26 Å². The molecule has 2 aromatic carbocycles. The highest BCUT2D eigenvalue weighted by molar-refractivity contribution is 7.93. The largest absolute Gasteiger partial charge is 0.490 e. The third kappa shape index (κ3) is 9.75. The summed E-state index contributed by atoms with van der Waals surface area (Å²) in [5, 5.41) is 9.17. The van der Waals surface area contributed by atoms with E-state index in [4.69, 9.17) is 14.2 Å². The molecule has 0 aromatic heterocycles. The lowest BCUT2D eigenvalue weighted by molar-refractivity contribution is -0.139. The lowest BCUT2D eigenvalue weighted by Crippen LogP contribution is -2.44. The van der Waals surface area contributed by atoms with Crippen molar-refractivity contribution in [2.75, 3.05) is 36.3 Å². The monoisotopic (exact) mass is 611 g/mol. The number of likely N-dealkylation sites (tertiary alicyclic amines) is 1. The molecular weight excluding hydrogens is 570 g/mol. The average Bonchev–Trinajstić information content (AvgIpc) is 2.92. The minimum atomic E-state index is -4.10. The average molecular weight is 612 g/mol. The number of amides is 1. The van der Waals surface area contributed by atoms with Crippen molar-refractivity contribution in [2.45, 2.75) is 66.1 Å². The lowest BCUT2D eigenvalue weighted by Gasteiger charge is -2.34. The first-order valence-electron chi connectivity index (χ1n) is 14.3. The molecule has 2 aromatic rings. The minimum Gasteiger partial charge on any atom is -0.490 e. The summed E-state index contributed by atoms with van der Waals surface area (Å²) in [5.41, 5.74) is 2.55. The van der Waals surface area contributed by atoms with Crippen molar-refractivity contribution >= 4 is 33.8 Å². The van der Waals surface area contributed by atoms with Gasteiger partial charge in [-0.3, -0.25) is 9.10 Å². The molecule has 1 amide bonds. The van der Waals surface area contributed by atoms with Gasteiger partial charge in [0.15, 0.2) is 5.75 Å². The number of carbonyl (C=O) groups is 2.